The second-order valence-corrected chi connectivity index (χ2v) is 7.35. The van der Waals surface area contributed by atoms with E-state index in [1.54, 1.807) is 18.2 Å². The topological polar surface area (TPSA) is 198 Å². The molecule has 2 rings (SSSR count). The van der Waals surface area contributed by atoms with Crippen molar-refractivity contribution in [1.82, 2.24) is 0 Å². The number of nitrogens with two attached hydrogens (primary N) is 2. The zero-order valence-electron chi connectivity index (χ0n) is 12.4. The van der Waals surface area contributed by atoms with Gasteiger partial charge in [-0.25, -0.2) is 4.79 Å². The minimum Gasteiger partial charge on any atom is -0.478 e. The van der Waals surface area contributed by atoms with Crippen LogP contribution in [0.25, 0.3) is 0 Å². The van der Waals surface area contributed by atoms with Gasteiger partial charge in [-0.15, -0.1) is 0 Å². The molecule has 0 amide bonds. The predicted octanol–water partition coefficient (Wildman–Crippen LogP) is 0.729. The summed E-state index contributed by atoms with van der Waals surface area (Å²) < 4.78 is 60.1. The summed E-state index contributed by atoms with van der Waals surface area (Å²) in [5.41, 5.74) is 10.7. The summed E-state index contributed by atoms with van der Waals surface area (Å²) in [5, 5.41) is 8.49. The number of anilines is 2. The fourth-order valence-corrected chi connectivity index (χ4v) is 2.81. The number of rotatable bonds is 3. The van der Waals surface area contributed by atoms with Crippen LogP contribution in [0.1, 0.15) is 10.4 Å². The third-order valence-corrected chi connectivity index (χ3v) is 4.51. The molecule has 0 saturated heterocycles. The van der Waals surface area contributed by atoms with E-state index in [-0.39, 0.29) is 11.3 Å². The third kappa shape index (κ3) is 5.72. The molecule has 0 aliphatic carbocycles. The molecule has 10 nitrogen and oxygen atoms in total. The van der Waals surface area contributed by atoms with Gasteiger partial charge in [0.05, 0.1) is 16.1 Å². The van der Waals surface area contributed by atoms with Crippen LogP contribution in [0, 0.1) is 0 Å². The number of carboxylic acids is 1. The first kappa shape index (κ1) is 20.4. The number of hydrogen-bond acceptors (Lipinski definition) is 7. The highest BCUT2D eigenvalue weighted by atomic mass is 32.2. The van der Waals surface area contributed by atoms with Crippen LogP contribution in [0.2, 0.25) is 0 Å². The van der Waals surface area contributed by atoms with Crippen molar-refractivity contribution in [3.05, 3.63) is 48.0 Å². The molecule has 0 radical (unpaired) electrons. The minimum absolute atomic E-state index is 0.155. The normalized spacial score (nSPS) is 11.3. The van der Waals surface area contributed by atoms with Gasteiger partial charge in [-0.05, 0) is 30.3 Å². The molecule has 12 heteroatoms. The van der Waals surface area contributed by atoms with Gasteiger partial charge in [0.1, 0.15) is 4.90 Å². The summed E-state index contributed by atoms with van der Waals surface area (Å²) in [6, 6.07) is 8.80. The molecule has 0 spiro atoms. The zero-order valence-corrected chi connectivity index (χ0v) is 14.0. The Morgan fingerprint density at radius 3 is 1.80 bits per heavy atom. The zero-order chi connectivity index (χ0) is 19.4. The first-order valence-corrected chi connectivity index (χ1v) is 9.14. The van der Waals surface area contributed by atoms with E-state index in [0.717, 1.165) is 12.1 Å². The Morgan fingerprint density at radius 1 is 0.840 bits per heavy atom. The van der Waals surface area contributed by atoms with Crippen LogP contribution >= 0.6 is 0 Å². The van der Waals surface area contributed by atoms with Crippen molar-refractivity contribution in [3.8, 4) is 0 Å². The van der Waals surface area contributed by atoms with Crippen LogP contribution in [-0.2, 0) is 20.2 Å². The summed E-state index contributed by atoms with van der Waals surface area (Å²) in [4.78, 5) is 8.91. The first-order chi connectivity index (χ1) is 11.3. The monoisotopic (exact) mass is 390 g/mol. The van der Waals surface area contributed by atoms with Crippen LogP contribution in [0.15, 0.2) is 52.3 Å². The molecule has 0 aliphatic rings. The van der Waals surface area contributed by atoms with Gasteiger partial charge in [-0.1, -0.05) is 12.1 Å². The van der Waals surface area contributed by atoms with E-state index < -0.39 is 36.0 Å². The van der Waals surface area contributed by atoms with Crippen molar-refractivity contribution in [2.45, 2.75) is 9.79 Å². The lowest BCUT2D eigenvalue weighted by molar-refractivity contribution is 0.0698. The average molecular weight is 390 g/mol. The molecular weight excluding hydrogens is 376 g/mol. The summed E-state index contributed by atoms with van der Waals surface area (Å²) in [6.45, 7) is 0. The van der Waals surface area contributed by atoms with Gasteiger partial charge in [0.2, 0.25) is 0 Å². The van der Waals surface area contributed by atoms with Crippen molar-refractivity contribution in [3.63, 3.8) is 0 Å². The lowest BCUT2D eigenvalue weighted by Crippen LogP contribution is -2.06. The van der Waals surface area contributed by atoms with Crippen LogP contribution in [0.5, 0.6) is 0 Å². The Bertz CT molecular complexity index is 1000. The van der Waals surface area contributed by atoms with Crippen molar-refractivity contribution in [2.75, 3.05) is 11.5 Å². The molecule has 7 N–H and O–H groups in total. The van der Waals surface area contributed by atoms with E-state index in [4.69, 9.17) is 25.7 Å². The van der Waals surface area contributed by atoms with Crippen molar-refractivity contribution < 1.29 is 35.8 Å². The van der Waals surface area contributed by atoms with Gasteiger partial charge in [-0.3, -0.25) is 9.11 Å². The van der Waals surface area contributed by atoms with E-state index in [1.807, 2.05) is 0 Å². The Kier molecular flexibility index (Phi) is 6.10. The maximum atomic E-state index is 10.7. The van der Waals surface area contributed by atoms with Crippen LogP contribution in [-0.4, -0.2) is 37.0 Å². The number of carboxylic acid groups (broad SMARTS) is 1. The fraction of sp³-hybridized carbons (Fsp3) is 0. The van der Waals surface area contributed by atoms with Gasteiger partial charge in [0.25, 0.3) is 20.2 Å². The van der Waals surface area contributed by atoms with Gasteiger partial charge < -0.3 is 16.6 Å². The lowest BCUT2D eigenvalue weighted by atomic mass is 10.2. The Labute approximate surface area is 143 Å². The number of hydrogen-bond donors (Lipinski definition) is 5. The molecule has 25 heavy (non-hydrogen) atoms. The van der Waals surface area contributed by atoms with E-state index in [1.165, 1.54) is 6.07 Å². The number of aromatic carboxylic acids is 1. The van der Waals surface area contributed by atoms with Gasteiger partial charge in [0.15, 0.2) is 0 Å². The molecule has 0 bridgehead atoms. The molecule has 2 aromatic rings. The SMILES string of the molecule is Nc1ccc(S(=O)(=O)O)cc1S(=O)(=O)O.Nc1ccccc1C(=O)O. The maximum Gasteiger partial charge on any atom is 0.337 e. The smallest absolute Gasteiger partial charge is 0.337 e. The molecule has 0 fully saturated rings. The molecule has 0 saturated carbocycles. The average Bonchev–Trinajstić information content (AvgIpc) is 2.46. The third-order valence-electron chi connectivity index (χ3n) is 2.75. The molecule has 0 atom stereocenters. The Balaban J connectivity index is 0.000000271. The summed E-state index contributed by atoms with van der Waals surface area (Å²) in [6.07, 6.45) is 0. The first-order valence-electron chi connectivity index (χ1n) is 6.26. The minimum atomic E-state index is -4.62. The maximum absolute atomic E-state index is 10.7. The van der Waals surface area contributed by atoms with Gasteiger partial charge >= 0.3 is 5.97 Å². The number of para-hydroxylation sites is 1. The van der Waals surface area contributed by atoms with Crippen molar-refractivity contribution in [2.24, 2.45) is 0 Å². The number of carbonyl (C=O) groups is 1. The van der Waals surface area contributed by atoms with E-state index >= 15 is 0 Å². The Morgan fingerprint density at radius 2 is 1.40 bits per heavy atom. The van der Waals surface area contributed by atoms with E-state index in [2.05, 4.69) is 0 Å². The number of nitrogen functional groups attached to an aromatic ring is 2. The number of benzene rings is 2. The highest BCUT2D eigenvalue weighted by Gasteiger charge is 2.18. The largest absolute Gasteiger partial charge is 0.478 e. The molecule has 136 valence electrons. The van der Waals surface area contributed by atoms with Gasteiger partial charge in [-0.2, -0.15) is 16.8 Å². The second kappa shape index (κ2) is 7.48. The molecule has 2 aromatic carbocycles. The molecule has 0 aromatic heterocycles. The quantitative estimate of drug-likeness (QED) is 0.367. The predicted molar refractivity (Wildman–Crippen MR) is 88.3 cm³/mol. The summed E-state index contributed by atoms with van der Waals surface area (Å²) in [5.74, 6) is -0.988. The van der Waals surface area contributed by atoms with Gasteiger partial charge in [0, 0.05) is 5.69 Å². The molecule has 0 unspecified atom stereocenters. The summed E-state index contributed by atoms with van der Waals surface area (Å²) in [7, 11) is -9.15. The Hall–Kier alpha value is -2.67. The van der Waals surface area contributed by atoms with Crippen molar-refractivity contribution >= 4 is 37.6 Å². The standard InChI is InChI=1S/C7H7NO2.C6H7NO6S2/c8-6-4-2-1-3-5(6)7(9)10;7-5-2-1-4(14(8,9)10)3-6(5)15(11,12)13/h1-4H,8H2,(H,9,10);1-3H,7H2,(H,8,9,10)(H,11,12,13). The highest BCUT2D eigenvalue weighted by molar-refractivity contribution is 7.86. The molecule has 0 aliphatic heterocycles. The molecular formula is C13H14N2O8S2. The highest BCUT2D eigenvalue weighted by Crippen LogP contribution is 2.21. The fourth-order valence-electron chi connectivity index (χ4n) is 1.59. The second-order valence-electron chi connectivity index (χ2n) is 4.54. The van der Waals surface area contributed by atoms with Crippen LogP contribution in [0.3, 0.4) is 0 Å². The van der Waals surface area contributed by atoms with Crippen LogP contribution < -0.4 is 11.5 Å². The summed E-state index contributed by atoms with van der Waals surface area (Å²) >= 11 is 0. The lowest BCUT2D eigenvalue weighted by Gasteiger charge is -2.03. The van der Waals surface area contributed by atoms with Crippen molar-refractivity contribution in [1.29, 1.82) is 0 Å². The van der Waals surface area contributed by atoms with E-state index in [0.29, 0.717) is 11.8 Å². The van der Waals surface area contributed by atoms with E-state index in [9.17, 15) is 21.6 Å². The van der Waals surface area contributed by atoms with Crippen LogP contribution in [0.4, 0.5) is 11.4 Å². The molecule has 0 heterocycles.